The fourth-order valence-electron chi connectivity index (χ4n) is 5.04. The lowest BCUT2D eigenvalue weighted by molar-refractivity contribution is -0.121. The zero-order valence-corrected chi connectivity index (χ0v) is 24.4. The molecule has 5 rings (SSSR count). The van der Waals surface area contributed by atoms with Gasteiger partial charge in [0.15, 0.2) is 4.70 Å². The standard InChI is InChI=1S/C32H33NO5S2/c1-3-8-27-28(18-17-26-23(21-40(36)29(26)27)12-11-22-9-5-4-6-10-22)38-20-7-19-37-25-15-13-24(14-16-25)32(2)30(34)33-31(35)39-32/h4-6,9-10,13-18,21H,3,7-8,11-12,19-20H2,1-2H3,(H,33,34,35). The summed E-state index contributed by atoms with van der Waals surface area (Å²) in [7, 11) is -1.17. The van der Waals surface area contributed by atoms with Gasteiger partial charge in [-0.25, -0.2) is 0 Å². The Kier molecular flexibility index (Phi) is 8.78. The summed E-state index contributed by atoms with van der Waals surface area (Å²) in [5.41, 5.74) is 4.22. The van der Waals surface area contributed by atoms with Crippen molar-refractivity contribution >= 4 is 43.7 Å². The molecule has 1 aromatic heterocycles. The van der Waals surface area contributed by atoms with Gasteiger partial charge in [-0.05, 0) is 84.1 Å². The molecule has 1 saturated heterocycles. The number of hydrogen-bond donors (Lipinski definition) is 1. The van der Waals surface area contributed by atoms with Crippen LogP contribution in [0.4, 0.5) is 4.79 Å². The SMILES string of the molecule is CCCc1c(OCCCOc2ccc(C3(C)SC(=O)NC3=O)cc2)ccc2c(CCc3ccccc3)c[s+]([O-])c12. The van der Waals surface area contributed by atoms with Crippen LogP contribution in [0.25, 0.3) is 10.1 Å². The van der Waals surface area contributed by atoms with E-state index in [1.807, 2.05) is 41.8 Å². The third-order valence-corrected chi connectivity index (χ3v) is 9.69. The molecule has 208 valence electrons. The summed E-state index contributed by atoms with van der Waals surface area (Å²) in [4.78, 5) is 23.8. The average molecular weight is 576 g/mol. The summed E-state index contributed by atoms with van der Waals surface area (Å²) in [6, 6.07) is 21.7. The van der Waals surface area contributed by atoms with Crippen molar-refractivity contribution in [3.63, 3.8) is 0 Å². The molecule has 0 bridgehead atoms. The van der Waals surface area contributed by atoms with E-state index in [2.05, 4.69) is 42.6 Å². The maximum Gasteiger partial charge on any atom is 0.287 e. The maximum absolute atomic E-state index is 13.1. The van der Waals surface area contributed by atoms with Crippen molar-refractivity contribution in [2.45, 2.75) is 50.7 Å². The normalized spacial score (nSPS) is 17.3. The molecular formula is C32H33NO5S2. The minimum absolute atomic E-state index is 0.301. The largest absolute Gasteiger partial charge is 0.590 e. The third-order valence-electron chi connectivity index (χ3n) is 7.21. The number of ether oxygens (including phenoxy) is 2. The first kappa shape index (κ1) is 28.2. The van der Waals surface area contributed by atoms with E-state index >= 15 is 0 Å². The van der Waals surface area contributed by atoms with Crippen molar-refractivity contribution in [1.29, 1.82) is 0 Å². The highest BCUT2D eigenvalue weighted by Gasteiger charge is 2.45. The first-order chi connectivity index (χ1) is 19.4. The van der Waals surface area contributed by atoms with Crippen LogP contribution in [0.5, 0.6) is 11.5 Å². The van der Waals surface area contributed by atoms with Gasteiger partial charge in [-0.1, -0.05) is 55.8 Å². The van der Waals surface area contributed by atoms with E-state index in [4.69, 9.17) is 9.47 Å². The average Bonchev–Trinajstić information content (AvgIpc) is 3.43. The topological polar surface area (TPSA) is 87.7 Å². The first-order valence-electron chi connectivity index (χ1n) is 13.6. The van der Waals surface area contributed by atoms with Gasteiger partial charge >= 0.3 is 0 Å². The molecule has 2 amide bonds. The Morgan fingerprint density at radius 3 is 2.38 bits per heavy atom. The molecule has 1 aliphatic heterocycles. The van der Waals surface area contributed by atoms with Gasteiger partial charge < -0.3 is 14.0 Å². The number of carbonyl (C=O) groups excluding carboxylic acids is 2. The number of benzene rings is 3. The molecule has 0 spiro atoms. The molecule has 40 heavy (non-hydrogen) atoms. The van der Waals surface area contributed by atoms with E-state index in [1.54, 1.807) is 6.92 Å². The molecule has 1 N–H and O–H groups in total. The molecule has 2 heterocycles. The molecule has 1 aliphatic rings. The van der Waals surface area contributed by atoms with Crippen molar-refractivity contribution in [3.05, 3.63) is 94.4 Å². The maximum atomic E-state index is 13.1. The molecule has 0 aliphatic carbocycles. The molecule has 1 fully saturated rings. The molecule has 3 aromatic carbocycles. The lowest BCUT2D eigenvalue weighted by Crippen LogP contribution is -2.31. The molecule has 6 nitrogen and oxygen atoms in total. The lowest BCUT2D eigenvalue weighted by atomic mass is 9.99. The van der Waals surface area contributed by atoms with Crippen LogP contribution in [0, 0.1) is 0 Å². The summed E-state index contributed by atoms with van der Waals surface area (Å²) in [5.74, 6) is 1.19. The summed E-state index contributed by atoms with van der Waals surface area (Å²) in [5, 5.41) is 5.01. The van der Waals surface area contributed by atoms with Gasteiger partial charge in [-0.3, -0.25) is 14.9 Å². The number of thioether (sulfide) groups is 1. The minimum atomic E-state index is -1.17. The van der Waals surface area contributed by atoms with Gasteiger partial charge in [0, 0.05) is 17.4 Å². The van der Waals surface area contributed by atoms with E-state index in [-0.39, 0.29) is 11.1 Å². The van der Waals surface area contributed by atoms with E-state index in [0.29, 0.717) is 25.4 Å². The predicted octanol–water partition coefficient (Wildman–Crippen LogP) is 7.35. The number of carbonyl (C=O) groups is 2. The van der Waals surface area contributed by atoms with Crippen LogP contribution in [0.2, 0.25) is 0 Å². The van der Waals surface area contributed by atoms with Crippen LogP contribution < -0.4 is 14.8 Å². The fraction of sp³-hybridized carbons (Fsp3) is 0.312. The minimum Gasteiger partial charge on any atom is -0.590 e. The van der Waals surface area contributed by atoms with Gasteiger partial charge in [0.05, 0.1) is 18.8 Å². The second-order valence-electron chi connectivity index (χ2n) is 10.0. The molecular weight excluding hydrogens is 542 g/mol. The fourth-order valence-corrected chi connectivity index (χ4v) is 7.44. The summed E-state index contributed by atoms with van der Waals surface area (Å²) in [6.45, 7) is 4.81. The monoisotopic (exact) mass is 575 g/mol. The Hall–Kier alpha value is -3.33. The van der Waals surface area contributed by atoms with Gasteiger partial charge in [0.2, 0.25) is 5.91 Å². The second kappa shape index (κ2) is 12.5. The van der Waals surface area contributed by atoms with Crippen LogP contribution in [-0.4, -0.2) is 28.9 Å². The van der Waals surface area contributed by atoms with Gasteiger partial charge in [0.1, 0.15) is 21.6 Å². The van der Waals surface area contributed by atoms with E-state index in [1.165, 1.54) is 5.56 Å². The molecule has 2 atom stereocenters. The smallest absolute Gasteiger partial charge is 0.287 e. The van der Waals surface area contributed by atoms with Crippen LogP contribution in [0.15, 0.2) is 72.1 Å². The molecule has 2 unspecified atom stereocenters. The van der Waals surface area contributed by atoms with E-state index in [9.17, 15) is 14.1 Å². The van der Waals surface area contributed by atoms with E-state index in [0.717, 1.165) is 70.0 Å². The highest BCUT2D eigenvalue weighted by atomic mass is 32.2. The van der Waals surface area contributed by atoms with Gasteiger partial charge in [-0.15, -0.1) is 0 Å². The highest BCUT2D eigenvalue weighted by molar-refractivity contribution is 8.15. The Bertz CT molecular complexity index is 1500. The number of fused-ring (bicyclic) bond motifs is 1. The van der Waals surface area contributed by atoms with Crippen LogP contribution in [-0.2, 0) is 28.8 Å². The molecule has 4 aromatic rings. The van der Waals surface area contributed by atoms with Crippen LogP contribution >= 0.6 is 22.5 Å². The lowest BCUT2D eigenvalue weighted by Gasteiger charge is -2.19. The zero-order valence-electron chi connectivity index (χ0n) is 22.7. The summed E-state index contributed by atoms with van der Waals surface area (Å²) < 4.78 is 25.2. The Morgan fingerprint density at radius 1 is 0.925 bits per heavy atom. The quantitative estimate of drug-likeness (QED) is 0.140. The van der Waals surface area contributed by atoms with E-state index < -0.39 is 15.5 Å². The van der Waals surface area contributed by atoms with Crippen molar-refractivity contribution in [1.82, 2.24) is 5.32 Å². The first-order valence-corrected chi connectivity index (χ1v) is 15.6. The third kappa shape index (κ3) is 6.04. The van der Waals surface area contributed by atoms with Crippen molar-refractivity contribution in [3.8, 4) is 11.5 Å². The predicted molar refractivity (Wildman–Crippen MR) is 161 cm³/mol. The second-order valence-corrected chi connectivity index (χ2v) is 12.7. The Balaban J connectivity index is 1.18. The number of rotatable bonds is 12. The number of hydrogen-bond acceptors (Lipinski definition) is 6. The number of thiophene rings is 1. The summed E-state index contributed by atoms with van der Waals surface area (Å²) in [6.07, 6.45) is 4.21. The van der Waals surface area contributed by atoms with Crippen LogP contribution in [0.3, 0.4) is 0 Å². The Morgan fingerprint density at radius 2 is 1.68 bits per heavy atom. The van der Waals surface area contributed by atoms with Crippen LogP contribution in [0.1, 0.15) is 48.9 Å². The number of nitrogens with one attached hydrogen (secondary N) is 1. The number of amides is 2. The van der Waals surface area contributed by atoms with Gasteiger partial charge in [-0.2, -0.15) is 0 Å². The Labute approximate surface area is 241 Å². The highest BCUT2D eigenvalue weighted by Crippen LogP contribution is 2.42. The molecule has 8 heteroatoms. The molecule has 0 radical (unpaired) electrons. The number of imide groups is 1. The molecule has 0 saturated carbocycles. The van der Waals surface area contributed by atoms with Crippen molar-refractivity contribution in [2.24, 2.45) is 0 Å². The number of aryl methyl sites for hydroxylation is 3. The zero-order chi connectivity index (χ0) is 28.1. The van der Waals surface area contributed by atoms with Crippen molar-refractivity contribution < 1.29 is 23.6 Å². The summed E-state index contributed by atoms with van der Waals surface area (Å²) >= 11 is 0.991. The van der Waals surface area contributed by atoms with Gasteiger partial charge in [0.25, 0.3) is 5.24 Å². The van der Waals surface area contributed by atoms with Crippen molar-refractivity contribution in [2.75, 3.05) is 13.2 Å².